The quantitative estimate of drug-likeness (QED) is 0.273. The summed E-state index contributed by atoms with van der Waals surface area (Å²) in [5, 5.41) is 11.0. The van der Waals surface area contributed by atoms with Gasteiger partial charge in [0.15, 0.2) is 11.6 Å². The number of pyridine rings is 1. The Balaban J connectivity index is 1.14. The molecule has 2 fully saturated rings. The van der Waals surface area contributed by atoms with Gasteiger partial charge >= 0.3 is 0 Å². The van der Waals surface area contributed by atoms with Crippen LogP contribution in [0.1, 0.15) is 72.2 Å². The normalized spacial score (nSPS) is 16.5. The predicted octanol–water partition coefficient (Wildman–Crippen LogP) is 5.72. The number of carbonyl (C=O) groups is 1. The van der Waals surface area contributed by atoms with Crippen LogP contribution in [0, 0.1) is 0 Å². The largest absolute Gasteiger partial charge is 0.482 e. The number of nitrogens with two attached hydrogens (primary N) is 1. The van der Waals surface area contributed by atoms with Gasteiger partial charge in [-0.2, -0.15) is 5.10 Å². The van der Waals surface area contributed by atoms with Gasteiger partial charge in [-0.05, 0) is 93.1 Å². The molecular weight excluding hydrogens is 488 g/mol. The molecule has 2 aromatic carbocycles. The van der Waals surface area contributed by atoms with Gasteiger partial charge in [0.05, 0.1) is 12.2 Å². The van der Waals surface area contributed by atoms with E-state index < -0.39 is 0 Å². The second kappa shape index (κ2) is 10.9. The van der Waals surface area contributed by atoms with Gasteiger partial charge in [0, 0.05) is 34.8 Å². The third-order valence-electron chi connectivity index (χ3n) is 7.61. The van der Waals surface area contributed by atoms with Crippen molar-refractivity contribution in [1.29, 1.82) is 0 Å². The zero-order valence-electron chi connectivity index (χ0n) is 22.1. The Hall–Kier alpha value is -4.17. The van der Waals surface area contributed by atoms with Crippen LogP contribution >= 0.6 is 0 Å². The van der Waals surface area contributed by atoms with Crippen LogP contribution < -0.4 is 21.1 Å². The summed E-state index contributed by atoms with van der Waals surface area (Å²) in [4.78, 5) is 17.3. The Morgan fingerprint density at radius 2 is 1.87 bits per heavy atom. The van der Waals surface area contributed by atoms with Crippen LogP contribution in [-0.2, 0) is 0 Å². The highest BCUT2D eigenvalue weighted by atomic mass is 16.5. The Morgan fingerprint density at radius 1 is 1.05 bits per heavy atom. The summed E-state index contributed by atoms with van der Waals surface area (Å²) in [5.41, 5.74) is 11.6. The second-order valence-electron chi connectivity index (χ2n) is 10.5. The number of benzene rings is 2. The number of carbonyl (C=O) groups excluding carboxylic acids is 1. The first kappa shape index (κ1) is 25.1. The highest BCUT2D eigenvalue weighted by Gasteiger charge is 2.24. The average Bonchev–Trinajstić information content (AvgIpc) is 3.71. The molecule has 6 rings (SSSR count). The zero-order valence-corrected chi connectivity index (χ0v) is 22.1. The maximum Gasteiger partial charge on any atom is 0.255 e. The molecule has 1 aliphatic heterocycles. The Morgan fingerprint density at radius 3 is 2.69 bits per heavy atom. The van der Waals surface area contributed by atoms with E-state index in [9.17, 15) is 4.79 Å². The van der Waals surface area contributed by atoms with E-state index in [4.69, 9.17) is 10.5 Å². The Labute approximate surface area is 228 Å². The van der Waals surface area contributed by atoms with Crippen LogP contribution in [0.4, 0.5) is 11.5 Å². The highest BCUT2D eigenvalue weighted by Crippen LogP contribution is 2.40. The smallest absolute Gasteiger partial charge is 0.255 e. The maximum absolute atomic E-state index is 12.9. The first-order valence-corrected chi connectivity index (χ1v) is 13.7. The van der Waals surface area contributed by atoms with Gasteiger partial charge in [-0.15, -0.1) is 0 Å². The summed E-state index contributed by atoms with van der Waals surface area (Å²) < 4.78 is 8.33. The van der Waals surface area contributed by atoms with E-state index in [-0.39, 0.29) is 12.0 Å². The lowest BCUT2D eigenvalue weighted by Crippen LogP contribution is -2.29. The molecule has 1 atom stereocenters. The van der Waals surface area contributed by atoms with Crippen molar-refractivity contribution in [2.75, 3.05) is 24.1 Å². The van der Waals surface area contributed by atoms with Crippen LogP contribution in [0.5, 0.6) is 5.75 Å². The van der Waals surface area contributed by atoms with Crippen molar-refractivity contribution in [2.45, 2.75) is 50.7 Å². The fourth-order valence-electron chi connectivity index (χ4n) is 5.15. The minimum atomic E-state index is -0.308. The average molecular weight is 523 g/mol. The fourth-order valence-corrected chi connectivity index (χ4v) is 5.15. The number of anilines is 2. The molecule has 39 heavy (non-hydrogen) atoms. The van der Waals surface area contributed by atoms with E-state index >= 15 is 0 Å². The van der Waals surface area contributed by atoms with Crippen molar-refractivity contribution in [3.63, 3.8) is 0 Å². The molecule has 2 aromatic heterocycles. The third-order valence-corrected chi connectivity index (χ3v) is 7.61. The molecular formula is C31H34N6O2. The van der Waals surface area contributed by atoms with Gasteiger partial charge in [-0.3, -0.25) is 9.48 Å². The molecule has 8 nitrogen and oxygen atoms in total. The number of hydrogen-bond acceptors (Lipinski definition) is 6. The molecule has 0 bridgehead atoms. The lowest BCUT2D eigenvalue weighted by atomic mass is 10.1. The molecule has 3 heterocycles. The molecule has 8 heteroatoms. The minimum Gasteiger partial charge on any atom is -0.482 e. The molecule has 0 radical (unpaired) electrons. The van der Waals surface area contributed by atoms with Gasteiger partial charge in [0.25, 0.3) is 5.91 Å². The van der Waals surface area contributed by atoms with Crippen molar-refractivity contribution >= 4 is 17.4 Å². The van der Waals surface area contributed by atoms with Gasteiger partial charge in [-0.25, -0.2) is 4.98 Å². The van der Waals surface area contributed by atoms with Crippen molar-refractivity contribution in [3.8, 4) is 16.9 Å². The first-order valence-electron chi connectivity index (χ1n) is 13.7. The van der Waals surface area contributed by atoms with Crippen LogP contribution in [0.15, 0.2) is 73.2 Å². The molecule has 0 spiro atoms. The Kier molecular flexibility index (Phi) is 7.02. The summed E-state index contributed by atoms with van der Waals surface area (Å²) in [7, 11) is 0. The standard InChI is InChI=1S/C31H34N6O2/c1-20(22-4-3-7-27(15-22)36-31(38)24-6-2-5-23(14-24)21-8-9-21)39-29-16-25(17-34-30(29)32)26-18-35-37(19-26)28-10-12-33-13-11-28/h2-7,14-21,28,33H,8-13H2,1H3,(H2,32,34)(H,36,38)/t20-/m1/s1. The molecule has 4 N–H and O–H groups in total. The van der Waals surface area contributed by atoms with E-state index in [0.717, 1.165) is 48.3 Å². The number of nitrogens with one attached hydrogen (secondary N) is 2. The van der Waals surface area contributed by atoms with Crippen LogP contribution in [0.25, 0.3) is 11.1 Å². The molecule has 2 aliphatic rings. The van der Waals surface area contributed by atoms with Gasteiger partial charge in [0.1, 0.15) is 6.10 Å². The summed E-state index contributed by atoms with van der Waals surface area (Å²) in [6.07, 6.45) is 9.94. The molecule has 1 saturated carbocycles. The lowest BCUT2D eigenvalue weighted by Gasteiger charge is -2.22. The number of amides is 1. The molecule has 4 aromatic rings. The molecule has 1 amide bonds. The Bertz CT molecular complexity index is 1470. The van der Waals surface area contributed by atoms with Crippen LogP contribution in [0.3, 0.4) is 0 Å². The molecule has 0 unspecified atom stereocenters. The SMILES string of the molecule is C[C@@H](Oc1cc(-c2cnn(C3CCNCC3)c2)cnc1N)c1cccc(NC(=O)c2cccc(C3CC3)c2)c1. The molecule has 1 saturated heterocycles. The van der Waals surface area contributed by atoms with Crippen LogP contribution in [-0.4, -0.2) is 33.8 Å². The fraction of sp³-hybridized carbons (Fsp3) is 0.323. The van der Waals surface area contributed by atoms with Crippen molar-refractivity contribution < 1.29 is 9.53 Å². The summed E-state index contributed by atoms with van der Waals surface area (Å²) in [6.45, 7) is 3.98. The number of hydrogen-bond donors (Lipinski definition) is 3. The summed E-state index contributed by atoms with van der Waals surface area (Å²) in [6, 6.07) is 18.0. The van der Waals surface area contributed by atoms with E-state index in [1.807, 2.05) is 61.7 Å². The molecule has 1 aliphatic carbocycles. The first-order chi connectivity index (χ1) is 19.0. The van der Waals surface area contributed by atoms with Crippen molar-refractivity contribution in [2.24, 2.45) is 0 Å². The predicted molar refractivity (Wildman–Crippen MR) is 153 cm³/mol. The highest BCUT2D eigenvalue weighted by molar-refractivity contribution is 6.04. The monoisotopic (exact) mass is 522 g/mol. The maximum atomic E-state index is 12.9. The minimum absolute atomic E-state index is 0.116. The third kappa shape index (κ3) is 5.81. The van der Waals surface area contributed by atoms with Crippen molar-refractivity contribution in [3.05, 3.63) is 89.9 Å². The summed E-state index contributed by atoms with van der Waals surface area (Å²) in [5.74, 6) is 1.33. The number of nitrogens with zero attached hydrogens (tertiary/aromatic N) is 3. The van der Waals surface area contributed by atoms with Crippen LogP contribution in [0.2, 0.25) is 0 Å². The van der Waals surface area contributed by atoms with Crippen molar-refractivity contribution in [1.82, 2.24) is 20.1 Å². The van der Waals surface area contributed by atoms with Gasteiger partial charge in [0.2, 0.25) is 0 Å². The topological polar surface area (TPSA) is 107 Å². The van der Waals surface area contributed by atoms with E-state index in [1.54, 1.807) is 6.20 Å². The van der Waals surface area contributed by atoms with E-state index in [0.29, 0.717) is 29.1 Å². The number of rotatable bonds is 8. The number of aromatic nitrogens is 3. The van der Waals surface area contributed by atoms with E-state index in [2.05, 4.69) is 37.7 Å². The van der Waals surface area contributed by atoms with Gasteiger partial charge < -0.3 is 21.1 Å². The lowest BCUT2D eigenvalue weighted by molar-refractivity contribution is 0.102. The van der Waals surface area contributed by atoms with Gasteiger partial charge in [-0.1, -0.05) is 24.3 Å². The molecule has 200 valence electrons. The van der Waals surface area contributed by atoms with E-state index in [1.165, 1.54) is 18.4 Å². The summed E-state index contributed by atoms with van der Waals surface area (Å²) >= 11 is 0. The number of piperidine rings is 1. The number of ether oxygens (including phenoxy) is 1. The second-order valence-corrected chi connectivity index (χ2v) is 10.5. The zero-order chi connectivity index (χ0) is 26.8. The number of nitrogen functional groups attached to an aromatic ring is 1.